The number of fused-ring (bicyclic) bond motifs is 1. The van der Waals surface area contributed by atoms with Gasteiger partial charge in [-0.25, -0.2) is 0 Å². The van der Waals surface area contributed by atoms with Gasteiger partial charge in [-0.05, 0) is 51.4 Å². The highest BCUT2D eigenvalue weighted by Crippen LogP contribution is 2.22. The number of anilines is 1. The van der Waals surface area contributed by atoms with Crippen LogP contribution in [0.2, 0.25) is 0 Å². The van der Waals surface area contributed by atoms with Gasteiger partial charge in [0.25, 0.3) is 5.91 Å². The Morgan fingerprint density at radius 3 is 3.13 bits per heavy atom. The van der Waals surface area contributed by atoms with Crippen molar-refractivity contribution in [2.75, 3.05) is 31.6 Å². The molecule has 5 heteroatoms. The highest BCUT2D eigenvalue weighted by atomic mass is 16.5. The Kier molecular flexibility index (Phi) is 5.18. The number of ether oxygens (including phenoxy) is 1. The maximum Gasteiger partial charge on any atom is 0.251 e. The molecule has 0 radical (unpaired) electrons. The van der Waals surface area contributed by atoms with Crippen LogP contribution in [0.5, 0.6) is 0 Å². The molecule has 5 nitrogen and oxygen atoms in total. The monoisotopic (exact) mass is 317 g/mol. The molecule has 2 atom stereocenters. The molecule has 126 valence electrons. The number of nitrogens with zero attached hydrogens (tertiary/aromatic N) is 1. The fraction of sp³-hybridized carbons (Fsp3) is 0.611. The SMILES string of the molecule is CC(C)Nc1cccc(C(=O)NCC2CN3CCCC3CO2)c1. The zero-order chi connectivity index (χ0) is 16.2. The van der Waals surface area contributed by atoms with Crippen molar-refractivity contribution < 1.29 is 9.53 Å². The number of carbonyl (C=O) groups excluding carboxylic acids is 1. The summed E-state index contributed by atoms with van der Waals surface area (Å²) in [5, 5.41) is 6.33. The molecular weight excluding hydrogens is 290 g/mol. The molecule has 1 aromatic carbocycles. The van der Waals surface area contributed by atoms with E-state index in [2.05, 4.69) is 29.4 Å². The first-order valence-electron chi connectivity index (χ1n) is 8.62. The fourth-order valence-corrected chi connectivity index (χ4v) is 3.40. The van der Waals surface area contributed by atoms with Gasteiger partial charge in [0.15, 0.2) is 0 Å². The average Bonchev–Trinajstić information content (AvgIpc) is 3.00. The Balaban J connectivity index is 1.51. The van der Waals surface area contributed by atoms with Gasteiger partial charge in [-0.15, -0.1) is 0 Å². The molecule has 0 bridgehead atoms. The molecule has 0 aliphatic carbocycles. The standard InChI is InChI=1S/C18H27N3O2/c1-13(2)20-15-6-3-5-14(9-15)18(22)19-10-17-11-21-8-4-7-16(21)12-23-17/h3,5-6,9,13,16-17,20H,4,7-8,10-12H2,1-2H3,(H,19,22). The summed E-state index contributed by atoms with van der Waals surface area (Å²) >= 11 is 0. The molecule has 2 heterocycles. The van der Waals surface area contributed by atoms with Gasteiger partial charge in [-0.2, -0.15) is 0 Å². The van der Waals surface area contributed by atoms with Crippen molar-refractivity contribution in [1.29, 1.82) is 0 Å². The minimum atomic E-state index is -0.0375. The van der Waals surface area contributed by atoms with Crippen molar-refractivity contribution in [3.63, 3.8) is 0 Å². The summed E-state index contributed by atoms with van der Waals surface area (Å²) in [4.78, 5) is 14.8. The quantitative estimate of drug-likeness (QED) is 0.873. The topological polar surface area (TPSA) is 53.6 Å². The van der Waals surface area contributed by atoms with Crippen LogP contribution >= 0.6 is 0 Å². The Morgan fingerprint density at radius 2 is 2.30 bits per heavy atom. The van der Waals surface area contributed by atoms with Crippen molar-refractivity contribution in [3.05, 3.63) is 29.8 Å². The first-order valence-corrected chi connectivity index (χ1v) is 8.62. The molecule has 0 aromatic heterocycles. The molecule has 2 saturated heterocycles. The van der Waals surface area contributed by atoms with Crippen LogP contribution in [0.25, 0.3) is 0 Å². The predicted molar refractivity (Wildman–Crippen MR) is 91.9 cm³/mol. The molecule has 0 spiro atoms. The number of hydrogen-bond acceptors (Lipinski definition) is 4. The third-order valence-electron chi connectivity index (χ3n) is 4.53. The summed E-state index contributed by atoms with van der Waals surface area (Å²) in [6.45, 7) is 7.64. The number of hydrogen-bond donors (Lipinski definition) is 2. The number of rotatable bonds is 5. The van der Waals surface area contributed by atoms with Crippen molar-refractivity contribution >= 4 is 11.6 Å². The van der Waals surface area contributed by atoms with E-state index in [-0.39, 0.29) is 12.0 Å². The smallest absolute Gasteiger partial charge is 0.251 e. The molecule has 1 aromatic rings. The second-order valence-electron chi connectivity index (χ2n) is 6.84. The van der Waals surface area contributed by atoms with E-state index in [0.29, 0.717) is 24.2 Å². The van der Waals surface area contributed by atoms with E-state index in [4.69, 9.17) is 4.74 Å². The second kappa shape index (κ2) is 7.32. The summed E-state index contributed by atoms with van der Waals surface area (Å²) in [6.07, 6.45) is 2.61. The zero-order valence-corrected chi connectivity index (χ0v) is 14.0. The van der Waals surface area contributed by atoms with Gasteiger partial charge < -0.3 is 15.4 Å². The van der Waals surface area contributed by atoms with E-state index < -0.39 is 0 Å². The number of carbonyl (C=O) groups is 1. The fourth-order valence-electron chi connectivity index (χ4n) is 3.40. The van der Waals surface area contributed by atoms with Gasteiger partial charge in [0.2, 0.25) is 0 Å². The summed E-state index contributed by atoms with van der Waals surface area (Å²) in [5.74, 6) is -0.0375. The van der Waals surface area contributed by atoms with Gasteiger partial charge in [-0.3, -0.25) is 9.69 Å². The van der Waals surface area contributed by atoms with E-state index in [1.165, 1.54) is 19.4 Å². The number of benzene rings is 1. The third-order valence-corrected chi connectivity index (χ3v) is 4.53. The van der Waals surface area contributed by atoms with Crippen LogP contribution < -0.4 is 10.6 Å². The molecular formula is C18H27N3O2. The van der Waals surface area contributed by atoms with E-state index in [9.17, 15) is 4.79 Å². The van der Waals surface area contributed by atoms with E-state index in [1.54, 1.807) is 0 Å². The van der Waals surface area contributed by atoms with Gasteiger partial charge in [0.05, 0.1) is 12.7 Å². The van der Waals surface area contributed by atoms with Crippen LogP contribution in [0, 0.1) is 0 Å². The predicted octanol–water partition coefficient (Wildman–Crippen LogP) is 2.10. The Hall–Kier alpha value is -1.59. The van der Waals surface area contributed by atoms with Crippen LogP contribution in [0.15, 0.2) is 24.3 Å². The van der Waals surface area contributed by atoms with E-state index >= 15 is 0 Å². The molecule has 0 saturated carbocycles. The van der Waals surface area contributed by atoms with Crippen molar-refractivity contribution in [3.8, 4) is 0 Å². The number of nitrogens with one attached hydrogen (secondary N) is 2. The lowest BCUT2D eigenvalue weighted by molar-refractivity contribution is -0.0461. The molecule has 3 rings (SSSR count). The van der Waals surface area contributed by atoms with Gasteiger partial charge in [-0.1, -0.05) is 6.07 Å². The van der Waals surface area contributed by atoms with Crippen LogP contribution in [0.1, 0.15) is 37.0 Å². The van der Waals surface area contributed by atoms with Crippen LogP contribution in [-0.4, -0.2) is 55.2 Å². The van der Waals surface area contributed by atoms with Gasteiger partial charge in [0, 0.05) is 36.4 Å². The molecule has 2 aliphatic rings. The van der Waals surface area contributed by atoms with Crippen molar-refractivity contribution in [2.24, 2.45) is 0 Å². The maximum absolute atomic E-state index is 12.3. The first kappa shape index (κ1) is 16.3. The first-order chi connectivity index (χ1) is 11.1. The normalized spacial score (nSPS) is 24.5. The lowest BCUT2D eigenvalue weighted by Gasteiger charge is -2.35. The van der Waals surface area contributed by atoms with Crippen LogP contribution in [-0.2, 0) is 4.74 Å². The maximum atomic E-state index is 12.3. The van der Waals surface area contributed by atoms with Crippen LogP contribution in [0.3, 0.4) is 0 Å². The summed E-state index contributed by atoms with van der Waals surface area (Å²) in [5.41, 5.74) is 1.66. The Bertz CT molecular complexity index is 547. The minimum absolute atomic E-state index is 0.0375. The number of amides is 1. The average molecular weight is 317 g/mol. The third kappa shape index (κ3) is 4.24. The van der Waals surface area contributed by atoms with Gasteiger partial charge >= 0.3 is 0 Å². The van der Waals surface area contributed by atoms with Crippen molar-refractivity contribution in [2.45, 2.75) is 44.9 Å². The summed E-state index contributed by atoms with van der Waals surface area (Å²) in [7, 11) is 0. The molecule has 23 heavy (non-hydrogen) atoms. The minimum Gasteiger partial charge on any atom is -0.383 e. The van der Waals surface area contributed by atoms with E-state index in [0.717, 1.165) is 18.8 Å². The summed E-state index contributed by atoms with van der Waals surface area (Å²) in [6, 6.07) is 8.57. The lowest BCUT2D eigenvalue weighted by Crippen LogP contribution is -2.50. The highest BCUT2D eigenvalue weighted by molar-refractivity contribution is 5.95. The van der Waals surface area contributed by atoms with E-state index in [1.807, 2.05) is 24.3 Å². The molecule has 2 fully saturated rings. The summed E-state index contributed by atoms with van der Waals surface area (Å²) < 4.78 is 5.89. The molecule has 2 N–H and O–H groups in total. The Morgan fingerprint density at radius 1 is 1.43 bits per heavy atom. The second-order valence-corrected chi connectivity index (χ2v) is 6.84. The number of morpholine rings is 1. The highest BCUT2D eigenvalue weighted by Gasteiger charge is 2.32. The van der Waals surface area contributed by atoms with Gasteiger partial charge in [0.1, 0.15) is 0 Å². The largest absolute Gasteiger partial charge is 0.383 e. The zero-order valence-electron chi connectivity index (χ0n) is 14.0. The molecule has 2 unspecified atom stereocenters. The lowest BCUT2D eigenvalue weighted by atomic mass is 10.1. The van der Waals surface area contributed by atoms with Crippen molar-refractivity contribution in [1.82, 2.24) is 10.2 Å². The Labute approximate surface area is 138 Å². The molecule has 2 aliphatic heterocycles. The molecule has 1 amide bonds. The van der Waals surface area contributed by atoms with Crippen LogP contribution in [0.4, 0.5) is 5.69 Å².